The molecule has 0 radical (unpaired) electrons. The van der Waals surface area contributed by atoms with Crippen molar-refractivity contribution in [3.63, 3.8) is 0 Å². The smallest absolute Gasteiger partial charge is 0.375 e. The topological polar surface area (TPSA) is 127 Å². The first-order valence-corrected chi connectivity index (χ1v) is 13.4. The summed E-state index contributed by atoms with van der Waals surface area (Å²) in [5, 5.41) is 18.8. The summed E-state index contributed by atoms with van der Waals surface area (Å²) in [7, 11) is 0. The van der Waals surface area contributed by atoms with Crippen LogP contribution in [0.25, 0.3) is 0 Å². The molecule has 0 spiro atoms. The van der Waals surface area contributed by atoms with Gasteiger partial charge in [0.15, 0.2) is 5.92 Å². The highest BCUT2D eigenvalue weighted by Crippen LogP contribution is 2.39. The second kappa shape index (κ2) is 11.9. The fraction of sp³-hybridized carbons (Fsp3) is 0.615. The molecule has 0 aromatic carbocycles. The molecule has 1 unspecified atom stereocenters. The van der Waals surface area contributed by atoms with E-state index in [2.05, 4.69) is 31.5 Å². The second-order valence-electron chi connectivity index (χ2n) is 10.4. The number of piperidine rings is 1. The molecule has 1 N–H and O–H groups in total. The Kier molecular flexibility index (Phi) is 8.32. The Morgan fingerprint density at radius 1 is 1.18 bits per heavy atom. The van der Waals surface area contributed by atoms with E-state index in [-0.39, 0.29) is 36.3 Å². The van der Waals surface area contributed by atoms with E-state index in [1.807, 2.05) is 11.0 Å². The monoisotopic (exact) mass is 560 g/mol. The molecule has 40 heavy (non-hydrogen) atoms. The van der Waals surface area contributed by atoms with Crippen LogP contribution in [0.1, 0.15) is 24.8 Å². The van der Waals surface area contributed by atoms with E-state index in [1.165, 1.54) is 6.20 Å². The molecule has 14 heteroatoms. The van der Waals surface area contributed by atoms with Gasteiger partial charge < -0.3 is 24.8 Å². The normalized spacial score (nSPS) is 27.5. The number of amides is 2. The molecule has 0 saturated carbocycles. The van der Waals surface area contributed by atoms with Gasteiger partial charge in [0.1, 0.15) is 11.9 Å². The first kappa shape index (κ1) is 28.0. The lowest BCUT2D eigenvalue weighted by Crippen LogP contribution is -2.54. The Hall–Kier alpha value is -3.57. The van der Waals surface area contributed by atoms with E-state index >= 15 is 0 Å². The Morgan fingerprint density at radius 2 is 1.98 bits per heavy atom. The highest BCUT2D eigenvalue weighted by atomic mass is 19.4. The molecule has 4 atom stereocenters. The first-order chi connectivity index (χ1) is 19.2. The molecule has 3 fully saturated rings. The van der Waals surface area contributed by atoms with Crippen LogP contribution in [0, 0.1) is 23.2 Å². The molecule has 0 bridgehead atoms. The van der Waals surface area contributed by atoms with Crippen LogP contribution >= 0.6 is 0 Å². The van der Waals surface area contributed by atoms with Gasteiger partial charge in [0.2, 0.25) is 5.91 Å². The number of pyridine rings is 1. The van der Waals surface area contributed by atoms with Gasteiger partial charge in [-0.15, -0.1) is 5.11 Å². The number of nitriles is 1. The Balaban J connectivity index is 1.12. The van der Waals surface area contributed by atoms with Crippen LogP contribution in [0.15, 0.2) is 40.5 Å². The molecule has 2 amide bonds. The zero-order valence-corrected chi connectivity index (χ0v) is 21.9. The molecule has 5 rings (SSSR count). The number of alkyl halides is 3. The van der Waals surface area contributed by atoms with Crippen molar-refractivity contribution >= 4 is 17.6 Å². The van der Waals surface area contributed by atoms with E-state index in [0.29, 0.717) is 70.6 Å². The van der Waals surface area contributed by atoms with Crippen LogP contribution in [-0.4, -0.2) is 97.3 Å². The Morgan fingerprint density at radius 3 is 2.67 bits per heavy atom. The number of halogens is 3. The van der Waals surface area contributed by atoms with Crippen molar-refractivity contribution in [3.05, 3.63) is 35.8 Å². The van der Waals surface area contributed by atoms with Crippen LogP contribution < -0.4 is 10.2 Å². The van der Waals surface area contributed by atoms with Gasteiger partial charge in [-0.05, 0) is 31.4 Å². The third-order valence-electron chi connectivity index (χ3n) is 7.90. The summed E-state index contributed by atoms with van der Waals surface area (Å²) in [4.78, 5) is 35.1. The van der Waals surface area contributed by atoms with Crippen molar-refractivity contribution in [2.75, 3.05) is 57.3 Å². The van der Waals surface area contributed by atoms with E-state index in [9.17, 15) is 22.8 Å². The fourth-order valence-electron chi connectivity index (χ4n) is 5.82. The van der Waals surface area contributed by atoms with Gasteiger partial charge in [0.25, 0.3) is 5.91 Å². The number of aromatic nitrogens is 1. The van der Waals surface area contributed by atoms with Gasteiger partial charge in [0, 0.05) is 52.0 Å². The third-order valence-corrected chi connectivity index (χ3v) is 7.90. The molecule has 214 valence electrons. The van der Waals surface area contributed by atoms with E-state index in [1.54, 1.807) is 11.0 Å². The van der Waals surface area contributed by atoms with Crippen LogP contribution in [0.4, 0.5) is 19.0 Å². The van der Waals surface area contributed by atoms with Crippen molar-refractivity contribution in [1.29, 1.82) is 5.26 Å². The standard InChI is InChI=1S/C26H31F3N8O3/c27-26(28,29)23-21(15-33-34-24(23)38)37-5-1-2-19(37)16-40-20-10-18(13-31-14-20)25(39)36-8-6-35(7-9-36)22-4-3-17(11-30)12-32-22/h3-4,12,15,18-20,23,31H,1-2,5-10,13-14,16H2/t18-,19+,20-,23?/m1/s1. The molecular weight excluding hydrogens is 529 g/mol. The number of nitrogens with one attached hydrogen (secondary N) is 1. The summed E-state index contributed by atoms with van der Waals surface area (Å²) in [6.07, 6.45) is -0.598. The number of azo groups is 1. The summed E-state index contributed by atoms with van der Waals surface area (Å²) >= 11 is 0. The van der Waals surface area contributed by atoms with Crippen molar-refractivity contribution in [3.8, 4) is 6.07 Å². The van der Waals surface area contributed by atoms with Crippen molar-refractivity contribution < 1.29 is 27.5 Å². The zero-order chi connectivity index (χ0) is 28.3. The fourth-order valence-corrected chi connectivity index (χ4v) is 5.82. The van der Waals surface area contributed by atoms with Crippen LogP contribution in [0.5, 0.6) is 0 Å². The maximum Gasteiger partial charge on any atom is 0.406 e. The number of carbonyl (C=O) groups excluding carboxylic acids is 2. The average molecular weight is 561 g/mol. The minimum atomic E-state index is -4.75. The SMILES string of the molecule is N#Cc1ccc(N2CCN(C(=O)[C@H]3CNC[C@H](OC[C@@H]4CCCN4C4=CN=NC(=O)C4C(F)(F)F)C3)CC2)nc1. The van der Waals surface area contributed by atoms with Crippen LogP contribution in [0.2, 0.25) is 0 Å². The highest BCUT2D eigenvalue weighted by Gasteiger charge is 2.51. The maximum atomic E-state index is 13.6. The number of hydrogen-bond acceptors (Lipinski definition) is 9. The molecule has 4 aliphatic heterocycles. The lowest BCUT2D eigenvalue weighted by Gasteiger charge is -2.39. The number of hydrogen-bond donors (Lipinski definition) is 1. The molecule has 11 nitrogen and oxygen atoms in total. The van der Waals surface area contributed by atoms with Crippen molar-refractivity contribution in [2.24, 2.45) is 22.1 Å². The van der Waals surface area contributed by atoms with Crippen molar-refractivity contribution in [2.45, 2.75) is 37.6 Å². The number of nitrogens with zero attached hydrogens (tertiary/aromatic N) is 7. The summed E-state index contributed by atoms with van der Waals surface area (Å²) < 4.78 is 47.0. The first-order valence-electron chi connectivity index (χ1n) is 13.4. The summed E-state index contributed by atoms with van der Waals surface area (Å²) in [6, 6.07) is 5.27. The lowest BCUT2D eigenvalue weighted by molar-refractivity contribution is -0.177. The van der Waals surface area contributed by atoms with Crippen LogP contribution in [0.3, 0.4) is 0 Å². The van der Waals surface area contributed by atoms with Gasteiger partial charge in [-0.2, -0.15) is 23.5 Å². The summed E-state index contributed by atoms with van der Waals surface area (Å²) in [5.41, 5.74) is 0.321. The predicted octanol–water partition coefficient (Wildman–Crippen LogP) is 2.07. The molecule has 1 aromatic rings. The van der Waals surface area contributed by atoms with Gasteiger partial charge in [-0.1, -0.05) is 0 Å². The molecule has 5 heterocycles. The largest absolute Gasteiger partial charge is 0.406 e. The number of piperazine rings is 1. The quantitative estimate of drug-likeness (QED) is 0.561. The zero-order valence-electron chi connectivity index (χ0n) is 21.9. The van der Waals surface area contributed by atoms with Crippen molar-refractivity contribution in [1.82, 2.24) is 20.1 Å². The maximum absolute atomic E-state index is 13.6. The number of rotatable bonds is 6. The highest BCUT2D eigenvalue weighted by molar-refractivity contribution is 5.83. The molecule has 4 aliphatic rings. The summed E-state index contributed by atoms with van der Waals surface area (Å²) in [6.45, 7) is 4.06. The van der Waals surface area contributed by atoms with Crippen LogP contribution in [-0.2, 0) is 14.3 Å². The molecule has 1 aromatic heterocycles. The van der Waals surface area contributed by atoms with Gasteiger partial charge >= 0.3 is 6.18 Å². The van der Waals surface area contributed by atoms with E-state index in [4.69, 9.17) is 10.00 Å². The number of carbonyl (C=O) groups is 2. The summed E-state index contributed by atoms with van der Waals surface area (Å²) in [5.74, 6) is -3.04. The molecule has 3 saturated heterocycles. The second-order valence-corrected chi connectivity index (χ2v) is 10.4. The predicted molar refractivity (Wildman–Crippen MR) is 136 cm³/mol. The van der Waals surface area contributed by atoms with E-state index < -0.39 is 18.0 Å². The Labute approximate surface area is 229 Å². The minimum Gasteiger partial charge on any atom is -0.375 e. The lowest BCUT2D eigenvalue weighted by atomic mass is 9.95. The van der Waals surface area contributed by atoms with Gasteiger partial charge in [0.05, 0.1) is 42.1 Å². The van der Waals surface area contributed by atoms with Gasteiger partial charge in [-0.25, -0.2) is 4.98 Å². The number of likely N-dealkylation sites (tertiary alicyclic amines) is 1. The van der Waals surface area contributed by atoms with E-state index in [0.717, 1.165) is 12.0 Å². The third kappa shape index (κ3) is 6.10. The minimum absolute atomic E-state index is 0.0555. The van der Waals surface area contributed by atoms with Gasteiger partial charge in [-0.3, -0.25) is 9.59 Å². The number of anilines is 1. The molecular formula is C26H31F3N8O3. The molecule has 0 aliphatic carbocycles. The Bertz CT molecular complexity index is 1190. The number of ether oxygens (including phenoxy) is 1. The average Bonchev–Trinajstić information content (AvgIpc) is 3.44.